The molecule has 0 amide bonds. The van der Waals surface area contributed by atoms with Crippen LogP contribution in [-0.2, 0) is 6.42 Å². The van der Waals surface area contributed by atoms with Crippen LogP contribution >= 0.6 is 0 Å². The second-order valence-electron chi connectivity index (χ2n) is 5.36. The van der Waals surface area contributed by atoms with Gasteiger partial charge < -0.3 is 19.9 Å². The van der Waals surface area contributed by atoms with E-state index >= 15 is 0 Å². The molecule has 22 heavy (non-hydrogen) atoms. The summed E-state index contributed by atoms with van der Waals surface area (Å²) < 4.78 is 16.5. The number of methoxy groups -OCH3 is 1. The lowest BCUT2D eigenvalue weighted by molar-refractivity contribution is 0.171. The first-order valence-corrected chi connectivity index (χ1v) is 7.55. The summed E-state index contributed by atoms with van der Waals surface area (Å²) in [4.78, 5) is 0. The van der Waals surface area contributed by atoms with E-state index < -0.39 is 0 Å². The van der Waals surface area contributed by atoms with Crippen molar-refractivity contribution >= 4 is 0 Å². The Kier molecular flexibility index (Phi) is 4.49. The average molecular weight is 299 g/mol. The standard InChI is InChI=1S/C18H21NO3/c1-20-16-5-3-2-4-13(16)6-8-15(19)14-7-9-17-18(12-14)22-11-10-21-17/h2-5,7,9,12,15H,6,8,10-11,19H2,1H3. The molecule has 3 rings (SSSR count). The Bertz CT molecular complexity index is 642. The predicted octanol–water partition coefficient (Wildman–Crippen LogP) is 3.10. The molecule has 0 saturated heterocycles. The second-order valence-corrected chi connectivity index (χ2v) is 5.36. The average Bonchev–Trinajstić information content (AvgIpc) is 2.59. The SMILES string of the molecule is COc1ccccc1CCC(N)c1ccc2c(c1)OCCO2. The summed E-state index contributed by atoms with van der Waals surface area (Å²) in [6.45, 7) is 1.19. The monoisotopic (exact) mass is 299 g/mol. The molecule has 1 atom stereocenters. The van der Waals surface area contributed by atoms with Crippen LogP contribution in [0, 0.1) is 0 Å². The van der Waals surface area contributed by atoms with Gasteiger partial charge in [-0.2, -0.15) is 0 Å². The summed E-state index contributed by atoms with van der Waals surface area (Å²) in [5.74, 6) is 2.50. The van der Waals surface area contributed by atoms with E-state index in [4.69, 9.17) is 19.9 Å². The van der Waals surface area contributed by atoms with Gasteiger partial charge in [0.1, 0.15) is 19.0 Å². The lowest BCUT2D eigenvalue weighted by Gasteiger charge is -2.20. The zero-order valence-corrected chi connectivity index (χ0v) is 12.7. The molecule has 4 nitrogen and oxygen atoms in total. The van der Waals surface area contributed by atoms with Gasteiger partial charge in [-0.3, -0.25) is 0 Å². The van der Waals surface area contributed by atoms with E-state index in [-0.39, 0.29) is 6.04 Å². The molecule has 0 bridgehead atoms. The highest BCUT2D eigenvalue weighted by Crippen LogP contribution is 2.33. The smallest absolute Gasteiger partial charge is 0.161 e. The highest BCUT2D eigenvalue weighted by Gasteiger charge is 2.15. The second kappa shape index (κ2) is 6.71. The van der Waals surface area contributed by atoms with Crippen molar-refractivity contribution in [2.45, 2.75) is 18.9 Å². The van der Waals surface area contributed by atoms with E-state index in [2.05, 4.69) is 6.07 Å². The van der Waals surface area contributed by atoms with Gasteiger partial charge in [0.2, 0.25) is 0 Å². The molecule has 0 fully saturated rings. The van der Waals surface area contributed by atoms with Gasteiger partial charge in [0.25, 0.3) is 0 Å². The number of hydrogen-bond donors (Lipinski definition) is 1. The number of nitrogens with two attached hydrogens (primary N) is 1. The lowest BCUT2D eigenvalue weighted by atomic mass is 9.99. The van der Waals surface area contributed by atoms with Crippen LogP contribution in [0.2, 0.25) is 0 Å². The van der Waals surface area contributed by atoms with Gasteiger partial charge in [-0.05, 0) is 42.2 Å². The topological polar surface area (TPSA) is 53.7 Å². The molecule has 0 radical (unpaired) electrons. The lowest BCUT2D eigenvalue weighted by Crippen LogP contribution is -2.17. The molecular formula is C18H21NO3. The van der Waals surface area contributed by atoms with Gasteiger partial charge in [-0.25, -0.2) is 0 Å². The zero-order valence-electron chi connectivity index (χ0n) is 12.7. The van der Waals surface area contributed by atoms with Crippen molar-refractivity contribution in [1.82, 2.24) is 0 Å². The Morgan fingerprint density at radius 2 is 1.86 bits per heavy atom. The van der Waals surface area contributed by atoms with Crippen LogP contribution in [0.15, 0.2) is 42.5 Å². The minimum Gasteiger partial charge on any atom is -0.496 e. The number of hydrogen-bond acceptors (Lipinski definition) is 4. The maximum atomic E-state index is 6.33. The number of para-hydroxylation sites is 1. The Labute approximate surface area is 130 Å². The van der Waals surface area contributed by atoms with Gasteiger partial charge in [-0.1, -0.05) is 24.3 Å². The molecule has 1 aliphatic rings. The molecule has 0 aliphatic carbocycles. The largest absolute Gasteiger partial charge is 0.496 e. The minimum atomic E-state index is -0.0410. The maximum absolute atomic E-state index is 6.33. The van der Waals surface area contributed by atoms with Crippen molar-refractivity contribution in [3.05, 3.63) is 53.6 Å². The van der Waals surface area contributed by atoms with Crippen molar-refractivity contribution in [2.75, 3.05) is 20.3 Å². The number of rotatable bonds is 5. The van der Waals surface area contributed by atoms with Crippen LogP contribution in [0.4, 0.5) is 0 Å². The molecule has 0 saturated carbocycles. The first kappa shape index (κ1) is 14.7. The Morgan fingerprint density at radius 3 is 2.68 bits per heavy atom. The Balaban J connectivity index is 1.68. The van der Waals surface area contributed by atoms with E-state index in [0.29, 0.717) is 13.2 Å². The Hall–Kier alpha value is -2.20. The maximum Gasteiger partial charge on any atom is 0.161 e. The van der Waals surface area contributed by atoms with E-state index in [1.165, 1.54) is 5.56 Å². The molecule has 1 heterocycles. The van der Waals surface area contributed by atoms with Gasteiger partial charge >= 0.3 is 0 Å². The fourth-order valence-corrected chi connectivity index (χ4v) is 2.68. The van der Waals surface area contributed by atoms with Crippen molar-refractivity contribution in [3.63, 3.8) is 0 Å². The molecule has 2 aromatic rings. The third-order valence-corrected chi connectivity index (χ3v) is 3.91. The fraction of sp³-hybridized carbons (Fsp3) is 0.333. The van der Waals surface area contributed by atoms with Gasteiger partial charge in [0.15, 0.2) is 11.5 Å². The van der Waals surface area contributed by atoms with Crippen LogP contribution in [0.3, 0.4) is 0 Å². The van der Waals surface area contributed by atoms with Gasteiger partial charge in [0, 0.05) is 6.04 Å². The van der Waals surface area contributed by atoms with Crippen molar-refractivity contribution < 1.29 is 14.2 Å². The molecule has 1 unspecified atom stereocenters. The molecule has 4 heteroatoms. The summed E-state index contributed by atoms with van der Waals surface area (Å²) in [6, 6.07) is 14.0. The number of ether oxygens (including phenoxy) is 3. The van der Waals surface area contributed by atoms with Crippen LogP contribution in [0.25, 0.3) is 0 Å². The van der Waals surface area contributed by atoms with Gasteiger partial charge in [-0.15, -0.1) is 0 Å². The third kappa shape index (κ3) is 3.17. The minimum absolute atomic E-state index is 0.0410. The molecule has 2 aromatic carbocycles. The first-order chi connectivity index (χ1) is 10.8. The summed E-state index contributed by atoms with van der Waals surface area (Å²) in [5.41, 5.74) is 8.58. The van der Waals surface area contributed by atoms with Crippen molar-refractivity contribution in [1.29, 1.82) is 0 Å². The molecule has 1 aliphatic heterocycles. The summed E-state index contributed by atoms with van der Waals surface area (Å²) in [5, 5.41) is 0. The van der Waals surface area contributed by atoms with E-state index in [1.807, 2.05) is 36.4 Å². The van der Waals surface area contributed by atoms with E-state index in [1.54, 1.807) is 7.11 Å². The molecule has 116 valence electrons. The highest BCUT2D eigenvalue weighted by atomic mass is 16.6. The highest BCUT2D eigenvalue weighted by molar-refractivity contribution is 5.44. The number of aryl methyl sites for hydroxylation is 1. The summed E-state index contributed by atoms with van der Waals surface area (Å²) >= 11 is 0. The third-order valence-electron chi connectivity index (χ3n) is 3.91. The van der Waals surface area contributed by atoms with Crippen molar-refractivity contribution in [3.8, 4) is 17.2 Å². The molecular weight excluding hydrogens is 278 g/mol. The predicted molar refractivity (Wildman–Crippen MR) is 85.7 cm³/mol. The van der Waals surface area contributed by atoms with E-state index in [0.717, 1.165) is 35.7 Å². The summed E-state index contributed by atoms with van der Waals surface area (Å²) in [7, 11) is 1.69. The quantitative estimate of drug-likeness (QED) is 0.921. The molecule has 0 spiro atoms. The number of fused-ring (bicyclic) bond motifs is 1. The van der Waals surface area contributed by atoms with Crippen LogP contribution < -0.4 is 19.9 Å². The normalized spacial score (nSPS) is 14.5. The van der Waals surface area contributed by atoms with Crippen LogP contribution in [0.1, 0.15) is 23.6 Å². The first-order valence-electron chi connectivity index (χ1n) is 7.55. The van der Waals surface area contributed by atoms with Gasteiger partial charge in [0.05, 0.1) is 7.11 Å². The van der Waals surface area contributed by atoms with Crippen LogP contribution in [0.5, 0.6) is 17.2 Å². The fourth-order valence-electron chi connectivity index (χ4n) is 2.68. The van der Waals surface area contributed by atoms with E-state index in [9.17, 15) is 0 Å². The number of benzene rings is 2. The van der Waals surface area contributed by atoms with Crippen LogP contribution in [-0.4, -0.2) is 20.3 Å². The molecule has 0 aromatic heterocycles. The zero-order chi connectivity index (χ0) is 15.4. The summed E-state index contributed by atoms with van der Waals surface area (Å²) in [6.07, 6.45) is 1.72. The molecule has 2 N–H and O–H groups in total. The van der Waals surface area contributed by atoms with Crippen molar-refractivity contribution in [2.24, 2.45) is 5.73 Å². The Morgan fingerprint density at radius 1 is 1.09 bits per heavy atom.